The zero-order valence-electron chi connectivity index (χ0n) is 17.8. The van der Waals surface area contributed by atoms with Gasteiger partial charge in [0.1, 0.15) is 18.0 Å². The number of aromatic nitrogens is 3. The van der Waals surface area contributed by atoms with Crippen molar-refractivity contribution in [1.82, 2.24) is 15.0 Å². The highest BCUT2D eigenvalue weighted by atomic mass is 16.5. The Labute approximate surface area is 181 Å². The normalized spacial score (nSPS) is 14.3. The van der Waals surface area contributed by atoms with E-state index in [1.807, 2.05) is 42.5 Å². The minimum atomic E-state index is 0.203. The van der Waals surface area contributed by atoms with Crippen molar-refractivity contribution in [2.45, 2.75) is 6.54 Å². The Morgan fingerprint density at radius 2 is 1.61 bits per heavy atom. The summed E-state index contributed by atoms with van der Waals surface area (Å²) in [5.74, 6) is 2.91. The summed E-state index contributed by atoms with van der Waals surface area (Å²) >= 11 is 0. The van der Waals surface area contributed by atoms with E-state index in [0.717, 1.165) is 43.3 Å². The average Bonchev–Trinajstić information content (AvgIpc) is 2.79. The van der Waals surface area contributed by atoms with Gasteiger partial charge in [0.2, 0.25) is 11.9 Å². The van der Waals surface area contributed by atoms with Gasteiger partial charge in [-0.05, 0) is 24.3 Å². The Morgan fingerprint density at radius 1 is 0.935 bits per heavy atom. The molecule has 0 aliphatic carbocycles. The first-order valence-corrected chi connectivity index (χ1v) is 10.3. The molecule has 9 nitrogen and oxygen atoms in total. The van der Waals surface area contributed by atoms with Crippen LogP contribution in [0.4, 0.5) is 23.3 Å². The van der Waals surface area contributed by atoms with Gasteiger partial charge in [-0.25, -0.2) is 0 Å². The fourth-order valence-corrected chi connectivity index (χ4v) is 3.80. The Bertz CT molecular complexity index is 1020. The molecular weight excluding hydrogens is 394 g/mol. The minimum Gasteiger partial charge on any atom is -0.495 e. The van der Waals surface area contributed by atoms with Gasteiger partial charge in [0.25, 0.3) is 0 Å². The van der Waals surface area contributed by atoms with Crippen LogP contribution in [0.3, 0.4) is 0 Å². The molecule has 0 atom stereocenters. The lowest BCUT2D eigenvalue weighted by molar-refractivity contribution is -0.915. The summed E-state index contributed by atoms with van der Waals surface area (Å²) < 4.78 is 10.9. The fourth-order valence-electron chi connectivity index (χ4n) is 3.80. The number of benzene rings is 2. The van der Waals surface area contributed by atoms with Crippen molar-refractivity contribution in [3.05, 3.63) is 54.4 Å². The van der Waals surface area contributed by atoms with Crippen LogP contribution in [0.25, 0.3) is 0 Å². The van der Waals surface area contributed by atoms with Gasteiger partial charge in [0.15, 0.2) is 5.82 Å². The highest BCUT2D eigenvalue weighted by Crippen LogP contribution is 2.27. The summed E-state index contributed by atoms with van der Waals surface area (Å²) in [7, 11) is 3.34. The highest BCUT2D eigenvalue weighted by Gasteiger charge is 2.23. The lowest BCUT2D eigenvalue weighted by Gasteiger charge is -2.34. The summed E-state index contributed by atoms with van der Waals surface area (Å²) in [6.45, 7) is 4.50. The molecule has 2 heterocycles. The maximum absolute atomic E-state index is 5.95. The average molecular weight is 423 g/mol. The van der Waals surface area contributed by atoms with Gasteiger partial charge < -0.3 is 30.3 Å². The largest absolute Gasteiger partial charge is 0.495 e. The number of rotatable bonds is 7. The number of para-hydroxylation sites is 4. The second-order valence-corrected chi connectivity index (χ2v) is 7.34. The molecule has 0 unspecified atom stereocenters. The topological polar surface area (TPSA) is 103 Å². The Morgan fingerprint density at radius 3 is 2.35 bits per heavy atom. The molecule has 1 saturated heterocycles. The lowest BCUT2D eigenvalue weighted by atomic mass is 10.2. The second kappa shape index (κ2) is 9.48. The van der Waals surface area contributed by atoms with E-state index in [2.05, 4.69) is 31.2 Å². The number of nitrogens with two attached hydrogens (primary N) is 1. The number of hydrogen-bond donors (Lipinski definition) is 3. The molecule has 1 fully saturated rings. The number of methoxy groups -OCH3 is 2. The van der Waals surface area contributed by atoms with E-state index in [-0.39, 0.29) is 5.95 Å². The molecule has 4 N–H and O–H groups in total. The first-order valence-electron chi connectivity index (χ1n) is 10.3. The lowest BCUT2D eigenvalue weighted by Crippen LogP contribution is -3.13. The summed E-state index contributed by atoms with van der Waals surface area (Å²) in [6, 6.07) is 15.7. The van der Waals surface area contributed by atoms with Crippen molar-refractivity contribution in [3.8, 4) is 11.5 Å². The van der Waals surface area contributed by atoms with Crippen LogP contribution in [0.5, 0.6) is 11.5 Å². The Hall–Kier alpha value is -3.59. The van der Waals surface area contributed by atoms with Crippen LogP contribution in [0, 0.1) is 0 Å². The Kier molecular flexibility index (Phi) is 6.32. The number of piperazine rings is 1. The molecule has 0 spiro atoms. The van der Waals surface area contributed by atoms with E-state index in [4.69, 9.17) is 15.2 Å². The smallest absolute Gasteiger partial charge is 0.232 e. The number of nitrogens with zero attached hydrogens (tertiary/aromatic N) is 4. The molecule has 31 heavy (non-hydrogen) atoms. The molecule has 9 heteroatoms. The third-order valence-electron chi connectivity index (χ3n) is 5.36. The fraction of sp³-hybridized carbons (Fsp3) is 0.318. The molecule has 2 aromatic carbocycles. The molecule has 0 radical (unpaired) electrons. The van der Waals surface area contributed by atoms with Crippen LogP contribution >= 0.6 is 0 Å². The van der Waals surface area contributed by atoms with Gasteiger partial charge >= 0.3 is 0 Å². The first kappa shape index (κ1) is 20.7. The van der Waals surface area contributed by atoms with Crippen LogP contribution in [0.2, 0.25) is 0 Å². The first-order chi connectivity index (χ1) is 15.2. The zero-order valence-corrected chi connectivity index (χ0v) is 17.8. The molecule has 1 aliphatic heterocycles. The van der Waals surface area contributed by atoms with Crippen LogP contribution in [0.1, 0.15) is 5.82 Å². The molecular formula is C22H28N7O2+. The quantitative estimate of drug-likeness (QED) is 0.521. The molecule has 0 bridgehead atoms. The van der Waals surface area contributed by atoms with Crippen molar-refractivity contribution in [2.24, 2.45) is 0 Å². The third-order valence-corrected chi connectivity index (χ3v) is 5.36. The van der Waals surface area contributed by atoms with Crippen molar-refractivity contribution in [3.63, 3.8) is 0 Å². The predicted octanol–water partition coefficient (Wildman–Crippen LogP) is 1.12. The minimum absolute atomic E-state index is 0.203. The Balaban J connectivity index is 1.41. The van der Waals surface area contributed by atoms with Crippen LogP contribution in [-0.4, -0.2) is 55.4 Å². The number of nitrogens with one attached hydrogen (secondary N) is 2. The van der Waals surface area contributed by atoms with E-state index in [0.29, 0.717) is 24.1 Å². The molecule has 3 aromatic rings. The maximum atomic E-state index is 5.95. The number of anilines is 4. The van der Waals surface area contributed by atoms with Gasteiger partial charge in [-0.1, -0.05) is 24.3 Å². The van der Waals surface area contributed by atoms with Gasteiger partial charge in [0, 0.05) is 0 Å². The molecule has 4 rings (SSSR count). The molecule has 1 aliphatic rings. The molecule has 1 aromatic heterocycles. The molecule has 0 amide bonds. The van der Waals surface area contributed by atoms with Gasteiger partial charge in [-0.15, -0.1) is 0 Å². The van der Waals surface area contributed by atoms with E-state index in [1.54, 1.807) is 14.2 Å². The molecule has 0 saturated carbocycles. The van der Waals surface area contributed by atoms with E-state index in [9.17, 15) is 0 Å². The summed E-state index contributed by atoms with van der Waals surface area (Å²) in [4.78, 5) is 16.9. The van der Waals surface area contributed by atoms with Crippen LogP contribution in [-0.2, 0) is 6.54 Å². The number of hydrogen-bond acceptors (Lipinski definition) is 8. The monoisotopic (exact) mass is 422 g/mol. The van der Waals surface area contributed by atoms with Crippen LogP contribution in [0.15, 0.2) is 48.5 Å². The van der Waals surface area contributed by atoms with E-state index >= 15 is 0 Å². The third kappa shape index (κ3) is 4.95. The number of quaternary nitrogens is 1. The predicted molar refractivity (Wildman–Crippen MR) is 120 cm³/mol. The second-order valence-electron chi connectivity index (χ2n) is 7.34. The van der Waals surface area contributed by atoms with E-state index in [1.165, 1.54) is 4.90 Å². The van der Waals surface area contributed by atoms with Crippen molar-refractivity contribution < 1.29 is 14.4 Å². The van der Waals surface area contributed by atoms with Crippen molar-refractivity contribution in [1.29, 1.82) is 0 Å². The summed E-state index contributed by atoms with van der Waals surface area (Å²) in [6.07, 6.45) is 0. The maximum Gasteiger partial charge on any atom is 0.232 e. The van der Waals surface area contributed by atoms with Gasteiger partial charge in [0.05, 0.1) is 51.8 Å². The SMILES string of the molecule is COc1ccccc1Nc1nc(N)nc(C[NH+]2CCN(c3ccccc3OC)CC2)n1. The van der Waals surface area contributed by atoms with Crippen molar-refractivity contribution in [2.75, 3.05) is 56.3 Å². The zero-order chi connectivity index (χ0) is 21.6. The summed E-state index contributed by atoms with van der Waals surface area (Å²) in [5.41, 5.74) is 7.87. The van der Waals surface area contributed by atoms with Crippen LogP contribution < -0.4 is 30.3 Å². The van der Waals surface area contributed by atoms with Crippen molar-refractivity contribution >= 4 is 23.3 Å². The van der Waals surface area contributed by atoms with E-state index < -0.39 is 0 Å². The molecule has 162 valence electrons. The summed E-state index contributed by atoms with van der Waals surface area (Å²) in [5, 5.41) is 3.18. The number of ether oxygens (including phenoxy) is 2. The standard InChI is InChI=1S/C22H27N7O2/c1-30-18-9-5-3-7-16(18)24-22-26-20(25-21(23)27-22)15-28-11-13-29(14-12-28)17-8-4-6-10-19(17)31-2/h3-10H,11-15H2,1-2H3,(H3,23,24,25,26,27)/p+1. The number of nitrogen functional groups attached to an aromatic ring is 1. The van der Waals surface area contributed by atoms with Gasteiger partial charge in [-0.2, -0.15) is 15.0 Å². The highest BCUT2D eigenvalue weighted by molar-refractivity contribution is 5.62. The van der Waals surface area contributed by atoms with Gasteiger partial charge in [-0.3, -0.25) is 0 Å².